The van der Waals surface area contributed by atoms with Gasteiger partial charge in [0.15, 0.2) is 0 Å². The molecule has 0 aliphatic rings. The predicted octanol–water partition coefficient (Wildman–Crippen LogP) is 2.05. The van der Waals surface area contributed by atoms with Gasteiger partial charge in [0.2, 0.25) is 0 Å². The van der Waals surface area contributed by atoms with Crippen LogP contribution in [0.4, 0.5) is 4.79 Å². The lowest BCUT2D eigenvalue weighted by Gasteiger charge is -2.26. The molecule has 6 nitrogen and oxygen atoms in total. The van der Waals surface area contributed by atoms with Crippen LogP contribution in [0.25, 0.3) is 0 Å². The van der Waals surface area contributed by atoms with Crippen molar-refractivity contribution in [1.29, 1.82) is 0 Å². The van der Waals surface area contributed by atoms with Crippen LogP contribution >= 0.6 is 0 Å². The van der Waals surface area contributed by atoms with Crippen molar-refractivity contribution in [2.75, 3.05) is 6.61 Å². The summed E-state index contributed by atoms with van der Waals surface area (Å²) in [5.74, 6) is -0.486. The standard InChI is InChI=1S/C17H25NO5/c1-12(19)22-11-15(20)14(10-13-8-6-5-7-9-13)18-16(21)23-17(2,3)4/h5-9,14-15,20H,10-11H2,1-4H3,(H,18,21)/t14-,15+/m0/s1. The highest BCUT2D eigenvalue weighted by Crippen LogP contribution is 2.10. The van der Waals surface area contributed by atoms with Gasteiger partial charge in [-0.2, -0.15) is 0 Å². The summed E-state index contributed by atoms with van der Waals surface area (Å²) < 4.78 is 10.0. The Morgan fingerprint density at radius 2 is 1.83 bits per heavy atom. The fourth-order valence-electron chi connectivity index (χ4n) is 1.93. The summed E-state index contributed by atoms with van der Waals surface area (Å²) in [6.45, 7) is 6.35. The molecule has 1 rings (SSSR count). The van der Waals surface area contributed by atoms with Crippen LogP contribution in [-0.4, -0.2) is 41.5 Å². The number of alkyl carbamates (subject to hydrolysis) is 1. The minimum atomic E-state index is -1.04. The van der Waals surface area contributed by atoms with Gasteiger partial charge in [-0.25, -0.2) is 4.79 Å². The van der Waals surface area contributed by atoms with Crippen LogP contribution in [0.5, 0.6) is 0 Å². The van der Waals surface area contributed by atoms with Crippen molar-refractivity contribution < 1.29 is 24.2 Å². The van der Waals surface area contributed by atoms with E-state index < -0.39 is 29.8 Å². The van der Waals surface area contributed by atoms with Gasteiger partial charge in [0.05, 0.1) is 6.04 Å². The molecule has 0 spiro atoms. The van der Waals surface area contributed by atoms with Gasteiger partial charge in [0, 0.05) is 6.92 Å². The normalized spacial score (nSPS) is 13.8. The van der Waals surface area contributed by atoms with Gasteiger partial charge in [0.25, 0.3) is 0 Å². The second kappa shape index (κ2) is 8.53. The molecule has 0 unspecified atom stereocenters. The minimum Gasteiger partial charge on any atom is -0.463 e. The average Bonchev–Trinajstić information content (AvgIpc) is 2.43. The second-order valence-electron chi connectivity index (χ2n) is 6.31. The molecular formula is C17H25NO5. The number of hydrogen-bond acceptors (Lipinski definition) is 5. The highest BCUT2D eigenvalue weighted by molar-refractivity contribution is 5.68. The first-order valence-corrected chi connectivity index (χ1v) is 7.52. The fourth-order valence-corrected chi connectivity index (χ4v) is 1.93. The van der Waals surface area contributed by atoms with Crippen molar-refractivity contribution in [2.24, 2.45) is 0 Å². The highest BCUT2D eigenvalue weighted by Gasteiger charge is 2.25. The Morgan fingerprint density at radius 3 is 2.35 bits per heavy atom. The van der Waals surface area contributed by atoms with E-state index in [1.807, 2.05) is 30.3 Å². The number of ether oxygens (including phenoxy) is 2. The van der Waals surface area contributed by atoms with Gasteiger partial charge in [-0.05, 0) is 32.8 Å². The molecule has 1 aromatic carbocycles. The number of carbonyl (C=O) groups excluding carboxylic acids is 2. The molecule has 0 radical (unpaired) electrons. The molecule has 0 saturated heterocycles. The number of carbonyl (C=O) groups is 2. The molecule has 1 aromatic rings. The van der Waals surface area contributed by atoms with Crippen LogP contribution in [0.15, 0.2) is 30.3 Å². The topological polar surface area (TPSA) is 84.9 Å². The maximum absolute atomic E-state index is 11.9. The number of nitrogens with one attached hydrogen (secondary N) is 1. The van der Waals surface area contributed by atoms with Crippen molar-refractivity contribution in [3.8, 4) is 0 Å². The van der Waals surface area contributed by atoms with E-state index in [0.717, 1.165) is 5.56 Å². The first-order valence-electron chi connectivity index (χ1n) is 7.52. The maximum Gasteiger partial charge on any atom is 0.407 e. The molecule has 23 heavy (non-hydrogen) atoms. The van der Waals surface area contributed by atoms with E-state index in [1.165, 1.54) is 6.92 Å². The van der Waals surface area contributed by atoms with E-state index in [2.05, 4.69) is 5.32 Å². The zero-order valence-electron chi connectivity index (χ0n) is 14.0. The Balaban J connectivity index is 2.74. The summed E-state index contributed by atoms with van der Waals surface area (Å²) in [7, 11) is 0. The zero-order valence-corrected chi connectivity index (χ0v) is 14.0. The monoisotopic (exact) mass is 323 g/mol. The number of rotatable bonds is 6. The molecule has 128 valence electrons. The van der Waals surface area contributed by atoms with Gasteiger partial charge in [-0.3, -0.25) is 4.79 Å². The summed E-state index contributed by atoms with van der Waals surface area (Å²) in [4.78, 5) is 22.8. The van der Waals surface area contributed by atoms with E-state index >= 15 is 0 Å². The van der Waals surface area contributed by atoms with Crippen molar-refractivity contribution in [2.45, 2.75) is 51.9 Å². The van der Waals surface area contributed by atoms with E-state index in [-0.39, 0.29) is 6.61 Å². The Hall–Kier alpha value is -2.08. The Labute approximate surface area is 136 Å². The Bertz CT molecular complexity index is 509. The molecule has 0 bridgehead atoms. The zero-order chi connectivity index (χ0) is 17.5. The molecule has 2 N–H and O–H groups in total. The SMILES string of the molecule is CC(=O)OC[C@@H](O)[C@H](Cc1ccccc1)NC(=O)OC(C)(C)C. The van der Waals surface area contributed by atoms with Crippen LogP contribution in [0.3, 0.4) is 0 Å². The molecule has 0 heterocycles. The third-order valence-corrected chi connectivity index (χ3v) is 2.92. The van der Waals surface area contributed by atoms with Gasteiger partial charge < -0.3 is 19.9 Å². The quantitative estimate of drug-likeness (QED) is 0.783. The summed E-state index contributed by atoms with van der Waals surface area (Å²) >= 11 is 0. The number of hydrogen-bond donors (Lipinski definition) is 2. The van der Waals surface area contributed by atoms with Gasteiger partial charge in [-0.1, -0.05) is 30.3 Å². The van der Waals surface area contributed by atoms with Crippen LogP contribution in [-0.2, 0) is 20.7 Å². The molecule has 0 aliphatic heterocycles. The van der Waals surface area contributed by atoms with E-state index in [1.54, 1.807) is 20.8 Å². The largest absolute Gasteiger partial charge is 0.463 e. The van der Waals surface area contributed by atoms with E-state index in [0.29, 0.717) is 6.42 Å². The molecule has 2 atom stereocenters. The van der Waals surface area contributed by atoms with Crippen molar-refractivity contribution >= 4 is 12.1 Å². The van der Waals surface area contributed by atoms with Crippen LogP contribution in [0.1, 0.15) is 33.3 Å². The van der Waals surface area contributed by atoms with Crippen molar-refractivity contribution in [3.63, 3.8) is 0 Å². The minimum absolute atomic E-state index is 0.192. The fraction of sp³-hybridized carbons (Fsp3) is 0.529. The van der Waals surface area contributed by atoms with E-state index in [9.17, 15) is 14.7 Å². The number of aliphatic hydroxyl groups excluding tert-OH is 1. The van der Waals surface area contributed by atoms with Crippen LogP contribution < -0.4 is 5.32 Å². The Morgan fingerprint density at radius 1 is 1.22 bits per heavy atom. The molecule has 1 amide bonds. The second-order valence-corrected chi connectivity index (χ2v) is 6.31. The molecule has 0 aliphatic carbocycles. The van der Waals surface area contributed by atoms with E-state index in [4.69, 9.17) is 9.47 Å². The summed E-state index contributed by atoms with van der Waals surface area (Å²) in [6, 6.07) is 8.78. The first-order chi connectivity index (χ1) is 10.7. The summed E-state index contributed by atoms with van der Waals surface area (Å²) in [6.07, 6.45) is -1.27. The first kappa shape index (κ1) is 19.0. The number of amides is 1. The average molecular weight is 323 g/mol. The molecule has 0 aromatic heterocycles. The summed E-state index contributed by atoms with van der Waals surface area (Å²) in [5, 5.41) is 12.9. The van der Waals surface area contributed by atoms with Gasteiger partial charge in [0.1, 0.15) is 18.3 Å². The third kappa shape index (κ3) is 8.21. The van der Waals surface area contributed by atoms with Crippen LogP contribution in [0, 0.1) is 0 Å². The van der Waals surface area contributed by atoms with Crippen molar-refractivity contribution in [3.05, 3.63) is 35.9 Å². The molecule has 6 heteroatoms. The van der Waals surface area contributed by atoms with Crippen molar-refractivity contribution in [1.82, 2.24) is 5.32 Å². The smallest absolute Gasteiger partial charge is 0.407 e. The van der Waals surface area contributed by atoms with Gasteiger partial charge >= 0.3 is 12.1 Å². The van der Waals surface area contributed by atoms with Crippen LogP contribution in [0.2, 0.25) is 0 Å². The molecule has 0 saturated carbocycles. The maximum atomic E-state index is 11.9. The lowest BCUT2D eigenvalue weighted by Crippen LogP contribution is -2.48. The lowest BCUT2D eigenvalue weighted by atomic mass is 10.0. The third-order valence-electron chi connectivity index (χ3n) is 2.92. The number of benzene rings is 1. The molecular weight excluding hydrogens is 298 g/mol. The number of esters is 1. The predicted molar refractivity (Wildman–Crippen MR) is 85.9 cm³/mol. The lowest BCUT2D eigenvalue weighted by molar-refractivity contribution is -0.144. The highest BCUT2D eigenvalue weighted by atomic mass is 16.6. The number of aliphatic hydroxyl groups is 1. The Kier molecular flexibility index (Phi) is 7.03. The van der Waals surface area contributed by atoms with Gasteiger partial charge in [-0.15, -0.1) is 0 Å². The summed E-state index contributed by atoms with van der Waals surface area (Å²) in [5.41, 5.74) is 0.304. The molecule has 0 fully saturated rings.